The Hall–Kier alpha value is -10.7. The number of allylic oxidation sites excluding steroid dienone is 1. The molecule has 0 spiro atoms. The molecule has 8 fully saturated rings. The number of amides is 3. The molecular formula is C107H144F3N21O9S6. The van der Waals surface area contributed by atoms with Crippen molar-refractivity contribution in [1.82, 2.24) is 59.3 Å². The van der Waals surface area contributed by atoms with Gasteiger partial charge in [-0.15, -0.1) is 0 Å². The van der Waals surface area contributed by atoms with Crippen LogP contribution in [-0.2, 0) is 69.4 Å². The fraction of sp³-hybridized carbons (Fsp3) is 0.495. The van der Waals surface area contributed by atoms with E-state index in [1.54, 1.807) is 4.90 Å². The third-order valence-electron chi connectivity index (χ3n) is 29.0. The third kappa shape index (κ3) is 26.4. The molecule has 14 heterocycles. The van der Waals surface area contributed by atoms with Gasteiger partial charge in [0.2, 0.25) is 25.5 Å². The lowest BCUT2D eigenvalue weighted by atomic mass is 9.99. The average Bonchev–Trinajstić information content (AvgIpc) is 1.12. The number of alkyl halides is 1. The molecule has 146 heavy (non-hydrogen) atoms. The number of aliphatic hydroxyl groups is 1. The third-order valence-corrected chi connectivity index (χ3v) is 29.0. The van der Waals surface area contributed by atoms with E-state index in [4.69, 9.17) is 73.3 Å². The second kappa shape index (κ2) is 54.5. The number of carbonyl (C=O) groups excluding carboxylic acids is 3. The van der Waals surface area contributed by atoms with E-state index < -0.39 is 42.2 Å². The van der Waals surface area contributed by atoms with Gasteiger partial charge in [0.1, 0.15) is 48.9 Å². The van der Waals surface area contributed by atoms with E-state index in [9.17, 15) is 32.7 Å². The summed E-state index contributed by atoms with van der Waals surface area (Å²) in [5.74, 6) is -1.43. The van der Waals surface area contributed by atoms with Crippen LogP contribution < -0.4 is 43.6 Å². The molecule has 3 aromatic heterocycles. The molecule has 3 amide bonds. The van der Waals surface area contributed by atoms with Gasteiger partial charge >= 0.3 is 18.0 Å². The number of nitrogens with zero attached hydrogens (tertiary/aromatic N) is 21. The lowest BCUT2D eigenvalue weighted by Crippen LogP contribution is -2.57. The van der Waals surface area contributed by atoms with Gasteiger partial charge in [-0.3, -0.25) is 24.2 Å². The number of fused-ring (bicyclic) bond motifs is 10. The average molecular weight is 2120 g/mol. The van der Waals surface area contributed by atoms with Gasteiger partial charge in [-0.2, -0.15) is 111 Å². The second-order valence-corrected chi connectivity index (χ2v) is 37.5. The van der Waals surface area contributed by atoms with E-state index in [0.717, 1.165) is 190 Å². The number of halogens is 3. The summed E-state index contributed by atoms with van der Waals surface area (Å²) in [6, 6.07) is 39.0. The van der Waals surface area contributed by atoms with Crippen LogP contribution in [0.5, 0.6) is 18.0 Å². The number of likely N-dealkylation sites (N-methyl/N-ethyl adjacent to an activating group) is 1. The van der Waals surface area contributed by atoms with Crippen LogP contribution in [0, 0.1) is 33.6 Å². The van der Waals surface area contributed by atoms with E-state index in [1.807, 2.05) is 18.2 Å². The van der Waals surface area contributed by atoms with E-state index >= 15 is 0 Å². The Labute approximate surface area is 899 Å². The summed E-state index contributed by atoms with van der Waals surface area (Å²) in [5, 5.41) is 17.2. The summed E-state index contributed by atoms with van der Waals surface area (Å²) in [6.45, 7) is 48.5. The molecule has 11 aliphatic heterocycles. The monoisotopic (exact) mass is 2120 g/mol. The molecule has 8 saturated heterocycles. The van der Waals surface area contributed by atoms with Crippen LogP contribution in [0.3, 0.4) is 0 Å². The lowest BCUT2D eigenvalue weighted by molar-refractivity contribution is -0.131. The van der Waals surface area contributed by atoms with Crippen LogP contribution >= 0.6 is 81.0 Å². The first-order chi connectivity index (χ1) is 66.8. The van der Waals surface area contributed by atoms with Crippen molar-refractivity contribution in [2.75, 3.05) is 207 Å². The molecule has 788 valence electrons. The zero-order valence-electron chi connectivity index (χ0n) is 81.4. The first kappa shape index (κ1) is 119. The molecule has 0 unspecified atom stereocenters. The van der Waals surface area contributed by atoms with E-state index in [-0.39, 0.29) is 155 Å². The molecule has 6 aromatic carbocycles. The number of likely N-dealkylation sites (tertiary alicyclic amines) is 3. The minimum atomic E-state index is -1.02. The highest BCUT2D eigenvalue weighted by Crippen LogP contribution is 2.43. The number of morpholine rings is 2. The number of carbonyl (C=O) groups is 3. The van der Waals surface area contributed by atoms with Crippen LogP contribution in [0.4, 0.5) is 47.7 Å². The Balaban J connectivity index is 0.000000237. The highest BCUT2D eigenvalue weighted by atomic mass is 32.1. The topological polar surface area (TPSA) is 247 Å². The molecule has 0 saturated carbocycles. The van der Waals surface area contributed by atoms with Crippen molar-refractivity contribution in [1.29, 1.82) is 0 Å². The molecule has 30 nitrogen and oxygen atoms in total. The van der Waals surface area contributed by atoms with Crippen molar-refractivity contribution in [2.24, 2.45) is 0 Å². The van der Waals surface area contributed by atoms with E-state index in [1.165, 1.54) is 66.0 Å². The molecule has 1 N–H and O–H groups in total. The van der Waals surface area contributed by atoms with Gasteiger partial charge in [-0.05, 0) is 142 Å². The molecule has 8 atom stereocenters. The fourth-order valence-electron chi connectivity index (χ4n) is 22.1. The molecule has 11 aliphatic rings. The Bertz CT molecular complexity index is 6170. The lowest BCUT2D eigenvalue weighted by Gasteiger charge is -2.41. The van der Waals surface area contributed by atoms with Crippen molar-refractivity contribution in [3.63, 3.8) is 0 Å². The summed E-state index contributed by atoms with van der Waals surface area (Å²) in [5.41, 5.74) is 12.7. The standard InChI is InChI=1S/C36H42FN7O3.C35H40FN7O3.C33H38FN7O3.3CH4.6H2S/c1-25-7-3-8-26-9-4-10-32(34(25)26)42-15-12-30-31(23-42)39-36(46-18-6-14-41-22-29-19-27(41)24-47-29)40-35(30)43-16-17-44(28(21-43)20-38-2)33(45)11-5-13-37;1-23-7-4-8-25-9-5-10-31(32(23)25)41-13-11-29-30(21-41)38-35(45-16-6-12-40-20-28-17-26(40)22-46-28)39-33(29)42-14-15-43(34(44)24(2)36)27(19-42)18-37-3;1-22(34)32(43)41-16-15-40(18-26(41)17-35-2)31-27-12-14-39(29-11-5-8-23-7-4-9-24(20-42)30(23)29)19-28(27)36-33(37-31)44-21-25-10-6-13-38(25)3;;;;;;;;;/h3-5,7-11,27-29H,6,12-24H2,1H3;4-5,7-10,26-28H,2,6,11-22H2,1H3;4-5,7-9,11,25-26,42H,1,6,10,12-21H2,3H3;3*1H4;6*1H2/b11-5+;;;;;;;;;;;/t27-,28-,29-;26-,27-,28-;25-,26-;;;;;;;;;/m000........./s1. The van der Waals surface area contributed by atoms with Crippen LogP contribution in [-0.4, -0.2) is 308 Å². The first-order valence-electron chi connectivity index (χ1n) is 48.2. The van der Waals surface area contributed by atoms with Crippen molar-refractivity contribution in [2.45, 2.75) is 169 Å². The second-order valence-electron chi connectivity index (χ2n) is 37.5. The summed E-state index contributed by atoms with van der Waals surface area (Å²) < 4.78 is 70.7. The Morgan fingerprint density at radius 3 is 1.22 bits per heavy atom. The molecule has 39 heteroatoms. The van der Waals surface area contributed by atoms with Crippen molar-refractivity contribution < 1.29 is 56.3 Å². The maximum absolute atomic E-state index is 13.9. The van der Waals surface area contributed by atoms with E-state index in [0.29, 0.717) is 140 Å². The summed E-state index contributed by atoms with van der Waals surface area (Å²) >= 11 is 0. The number of anilines is 6. The molecule has 4 bridgehead atoms. The van der Waals surface area contributed by atoms with Crippen LogP contribution in [0.2, 0.25) is 0 Å². The van der Waals surface area contributed by atoms with Crippen LogP contribution in [0.25, 0.3) is 46.9 Å². The largest absolute Gasteiger partial charge is 0.463 e. The number of aromatic nitrogens is 6. The number of piperazine rings is 3. The van der Waals surface area contributed by atoms with Gasteiger partial charge in [0, 0.05) is 179 Å². The summed E-state index contributed by atoms with van der Waals surface area (Å²) in [7, 11) is 2.10. The predicted octanol–water partition coefficient (Wildman–Crippen LogP) is 14.5. The number of aryl methyl sites for hydroxylation is 2. The summed E-state index contributed by atoms with van der Waals surface area (Å²) in [6.07, 6.45) is 11.6. The van der Waals surface area contributed by atoms with Gasteiger partial charge in [-0.1, -0.05) is 126 Å². The van der Waals surface area contributed by atoms with Gasteiger partial charge < -0.3 is 92.3 Å². The Morgan fingerprint density at radius 1 is 0.479 bits per heavy atom. The van der Waals surface area contributed by atoms with Crippen molar-refractivity contribution in [3.05, 3.63) is 231 Å². The minimum Gasteiger partial charge on any atom is -0.463 e. The van der Waals surface area contributed by atoms with E-state index in [2.05, 4.69) is 184 Å². The maximum atomic E-state index is 13.9. The number of hydrogen-bond acceptors (Lipinski definition) is 24. The van der Waals surface area contributed by atoms with Gasteiger partial charge in [0.05, 0.1) is 82.0 Å². The number of ether oxygens (including phenoxy) is 5. The quantitative estimate of drug-likeness (QED) is 0.0285. The fourth-order valence-corrected chi connectivity index (χ4v) is 22.1. The number of rotatable bonds is 27. The Morgan fingerprint density at radius 2 is 0.856 bits per heavy atom. The number of hydrogen-bond donors (Lipinski definition) is 1. The predicted molar refractivity (Wildman–Crippen MR) is 604 cm³/mol. The SMILES string of the molecule is C.C.C.S.S.S.S.S.S.[C-]#[N+]C[C@H]1CN(c2nc(OCCCN3C[C@@H]4C[C@H]3CO4)nc3c2CCN(c2cccc4cccc(C)c24)C3)CCN1C(=O)/C=C/CF.[C-]#[N+]C[C@H]1CN(c2nc(OCCCN3C[C@@H]4C[C@H]3CO4)nc3c2CCN(c2cccc4cccc(C)c24)C3)CCN1C(=O)C(=C)F.[C-]#[N+]C[C@H]1CN(c2nc(OC[C@@H]3CCCN3C)nc3c2CCN(c2cccc4cccc(CO)c24)C3)CCN1C(=O)C(=C)F. The molecular weight excluding hydrogens is 1970 g/mol. The normalized spacial score (nSPS) is 20.6. The molecule has 9 aromatic rings. The smallest absolute Gasteiger partial charge is 0.318 e. The number of benzene rings is 6. The minimum absolute atomic E-state index is 0. The van der Waals surface area contributed by atoms with Crippen LogP contribution in [0.15, 0.2) is 146 Å². The maximum Gasteiger partial charge on any atom is 0.318 e. The van der Waals surface area contributed by atoms with Gasteiger partial charge in [0.15, 0.2) is 11.7 Å². The molecule has 0 radical (unpaired) electrons. The molecule has 0 aliphatic carbocycles. The van der Waals surface area contributed by atoms with Crippen molar-refractivity contribution in [3.8, 4) is 18.0 Å². The summed E-state index contributed by atoms with van der Waals surface area (Å²) in [4.78, 5) is 104. The zero-order chi connectivity index (χ0) is 94.9. The van der Waals surface area contributed by atoms with Crippen LogP contribution in [0.1, 0.15) is 111 Å². The zero-order valence-corrected chi connectivity index (χ0v) is 87.4. The van der Waals surface area contributed by atoms with Crippen molar-refractivity contribution >= 4 is 166 Å². The highest BCUT2D eigenvalue weighted by molar-refractivity contribution is 7.60. The van der Waals surface area contributed by atoms with Gasteiger partial charge in [0.25, 0.3) is 11.8 Å². The highest BCUT2D eigenvalue weighted by Gasteiger charge is 2.44. The molecule has 20 rings (SSSR count). The number of aliphatic hydroxyl groups excluding tert-OH is 1. The Kier molecular flexibility index (Phi) is 44.3. The first-order valence-corrected chi connectivity index (χ1v) is 48.2. The van der Waals surface area contributed by atoms with Gasteiger partial charge in [-0.25, -0.2) is 32.9 Å².